The van der Waals surface area contributed by atoms with E-state index < -0.39 is 0 Å². The molecule has 3 heteroatoms. The molecule has 0 fully saturated rings. The van der Waals surface area contributed by atoms with Gasteiger partial charge < -0.3 is 5.32 Å². The molecule has 0 unspecified atom stereocenters. The van der Waals surface area contributed by atoms with Gasteiger partial charge in [0.15, 0.2) is 0 Å². The van der Waals surface area contributed by atoms with Gasteiger partial charge >= 0.3 is 0 Å². The summed E-state index contributed by atoms with van der Waals surface area (Å²) in [6.45, 7) is 2.99. The van der Waals surface area contributed by atoms with Crippen molar-refractivity contribution in [2.24, 2.45) is 0 Å². The highest BCUT2D eigenvalue weighted by Gasteiger charge is 2.01. The molecule has 0 saturated heterocycles. The van der Waals surface area contributed by atoms with Crippen LogP contribution in [0.1, 0.15) is 11.1 Å². The van der Waals surface area contributed by atoms with E-state index in [0.29, 0.717) is 0 Å². The third-order valence-corrected chi connectivity index (χ3v) is 4.13. The summed E-state index contributed by atoms with van der Waals surface area (Å²) in [5.74, 6) is 0. The fourth-order valence-electron chi connectivity index (χ4n) is 2.10. The van der Waals surface area contributed by atoms with Crippen molar-refractivity contribution in [3.8, 4) is 10.6 Å². The van der Waals surface area contributed by atoms with Gasteiger partial charge in [-0.25, -0.2) is 4.98 Å². The van der Waals surface area contributed by atoms with E-state index in [-0.39, 0.29) is 0 Å². The monoisotopic (exact) mass is 280 g/mol. The summed E-state index contributed by atoms with van der Waals surface area (Å²) in [5, 5.41) is 6.52. The first-order valence-electron chi connectivity index (χ1n) is 6.61. The number of nitrogens with zero attached hydrogens (tertiary/aromatic N) is 1. The second-order valence-corrected chi connectivity index (χ2v) is 5.59. The lowest BCUT2D eigenvalue weighted by atomic mass is 10.1. The zero-order chi connectivity index (χ0) is 13.8. The van der Waals surface area contributed by atoms with E-state index in [4.69, 9.17) is 0 Å². The van der Waals surface area contributed by atoms with E-state index in [1.54, 1.807) is 11.3 Å². The van der Waals surface area contributed by atoms with Crippen LogP contribution in [-0.4, -0.2) is 4.98 Å². The first-order valence-corrected chi connectivity index (χ1v) is 7.49. The average Bonchev–Trinajstić information content (AvgIpc) is 3.01. The van der Waals surface area contributed by atoms with Gasteiger partial charge in [0.25, 0.3) is 0 Å². The minimum absolute atomic E-state index is 0.850. The molecule has 3 rings (SSSR count). The molecule has 0 amide bonds. The van der Waals surface area contributed by atoms with Crippen LogP contribution in [0.15, 0.2) is 60.1 Å². The van der Waals surface area contributed by atoms with E-state index in [9.17, 15) is 0 Å². The molecule has 0 radical (unpaired) electrons. The van der Waals surface area contributed by atoms with Crippen molar-refractivity contribution in [2.75, 3.05) is 5.32 Å². The van der Waals surface area contributed by atoms with Gasteiger partial charge in [-0.2, -0.15) is 0 Å². The summed E-state index contributed by atoms with van der Waals surface area (Å²) < 4.78 is 0. The van der Waals surface area contributed by atoms with Gasteiger partial charge in [0.2, 0.25) is 0 Å². The molecule has 0 atom stereocenters. The van der Waals surface area contributed by atoms with Crippen LogP contribution in [0.2, 0.25) is 0 Å². The summed E-state index contributed by atoms with van der Waals surface area (Å²) in [4.78, 5) is 4.32. The Kier molecular flexibility index (Phi) is 3.79. The predicted molar refractivity (Wildman–Crippen MR) is 86.1 cm³/mol. The second-order valence-electron chi connectivity index (χ2n) is 4.69. The minimum Gasteiger partial charge on any atom is -0.381 e. The number of aryl methyl sites for hydroxylation is 1. The Balaban J connectivity index is 1.68. The van der Waals surface area contributed by atoms with Gasteiger partial charge in [-0.1, -0.05) is 24.3 Å². The topological polar surface area (TPSA) is 24.9 Å². The molecule has 0 aliphatic heterocycles. The predicted octanol–water partition coefficient (Wildman–Crippen LogP) is 4.73. The number of thiazole rings is 1. The van der Waals surface area contributed by atoms with Gasteiger partial charge in [0, 0.05) is 29.4 Å². The van der Waals surface area contributed by atoms with Crippen molar-refractivity contribution in [1.82, 2.24) is 4.98 Å². The Bertz CT molecular complexity index is 672. The van der Waals surface area contributed by atoms with Crippen LogP contribution in [-0.2, 0) is 6.54 Å². The maximum atomic E-state index is 4.32. The molecule has 1 N–H and O–H groups in total. The number of rotatable bonds is 4. The largest absolute Gasteiger partial charge is 0.381 e. The first-order chi connectivity index (χ1) is 9.83. The van der Waals surface area contributed by atoms with Crippen molar-refractivity contribution in [1.29, 1.82) is 0 Å². The zero-order valence-corrected chi connectivity index (χ0v) is 12.2. The molecular weight excluding hydrogens is 264 g/mol. The Morgan fingerprint density at radius 3 is 2.55 bits per heavy atom. The van der Waals surface area contributed by atoms with Crippen LogP contribution in [0.3, 0.4) is 0 Å². The molecule has 0 spiro atoms. The van der Waals surface area contributed by atoms with Crippen LogP contribution < -0.4 is 5.32 Å². The number of benzene rings is 2. The van der Waals surface area contributed by atoms with Crippen molar-refractivity contribution in [3.63, 3.8) is 0 Å². The van der Waals surface area contributed by atoms with Gasteiger partial charge in [0.05, 0.1) is 0 Å². The molecule has 0 saturated carbocycles. The lowest BCUT2D eigenvalue weighted by Gasteiger charge is -2.09. The zero-order valence-electron chi connectivity index (χ0n) is 11.3. The van der Waals surface area contributed by atoms with E-state index in [2.05, 4.69) is 65.8 Å². The molecule has 1 heterocycles. The molecule has 100 valence electrons. The van der Waals surface area contributed by atoms with Crippen LogP contribution >= 0.6 is 11.3 Å². The SMILES string of the molecule is Cc1ccccc1CNc1ccc(-c2nccs2)cc1. The number of nitrogens with one attached hydrogen (secondary N) is 1. The molecule has 0 aliphatic carbocycles. The highest BCUT2D eigenvalue weighted by atomic mass is 32.1. The van der Waals surface area contributed by atoms with Gasteiger partial charge in [-0.3, -0.25) is 0 Å². The fourth-order valence-corrected chi connectivity index (χ4v) is 2.75. The molecule has 2 aromatic carbocycles. The average molecular weight is 280 g/mol. The lowest BCUT2D eigenvalue weighted by molar-refractivity contribution is 1.12. The van der Waals surface area contributed by atoms with Crippen molar-refractivity contribution in [2.45, 2.75) is 13.5 Å². The first kappa shape index (κ1) is 12.9. The Hall–Kier alpha value is -2.13. The highest BCUT2D eigenvalue weighted by molar-refractivity contribution is 7.13. The van der Waals surface area contributed by atoms with Crippen molar-refractivity contribution in [3.05, 3.63) is 71.2 Å². The number of aromatic nitrogens is 1. The number of hydrogen-bond donors (Lipinski definition) is 1. The molecular formula is C17H16N2S. The Morgan fingerprint density at radius 1 is 1.05 bits per heavy atom. The third-order valence-electron chi connectivity index (χ3n) is 3.31. The molecule has 0 aliphatic rings. The standard InChI is InChI=1S/C17H16N2S/c1-13-4-2-3-5-15(13)12-19-16-8-6-14(7-9-16)17-18-10-11-20-17/h2-11,19H,12H2,1H3. The van der Waals surface area contributed by atoms with Crippen LogP contribution in [0.5, 0.6) is 0 Å². The molecule has 2 nitrogen and oxygen atoms in total. The summed E-state index contributed by atoms with van der Waals surface area (Å²) in [7, 11) is 0. The van der Waals surface area contributed by atoms with Crippen molar-refractivity contribution >= 4 is 17.0 Å². The van der Waals surface area contributed by atoms with E-state index in [1.165, 1.54) is 16.7 Å². The Labute approximate surface area is 123 Å². The maximum absolute atomic E-state index is 4.32. The number of hydrogen-bond acceptors (Lipinski definition) is 3. The van der Waals surface area contributed by atoms with E-state index >= 15 is 0 Å². The molecule has 0 bridgehead atoms. The maximum Gasteiger partial charge on any atom is 0.123 e. The summed E-state index contributed by atoms with van der Waals surface area (Å²) in [6, 6.07) is 16.9. The summed E-state index contributed by atoms with van der Waals surface area (Å²) in [6.07, 6.45) is 1.84. The highest BCUT2D eigenvalue weighted by Crippen LogP contribution is 2.23. The fraction of sp³-hybridized carbons (Fsp3) is 0.118. The summed E-state index contributed by atoms with van der Waals surface area (Å²) >= 11 is 1.66. The van der Waals surface area contributed by atoms with E-state index in [1.807, 2.05) is 11.6 Å². The van der Waals surface area contributed by atoms with Crippen molar-refractivity contribution < 1.29 is 0 Å². The normalized spacial score (nSPS) is 10.4. The van der Waals surface area contributed by atoms with Crippen LogP contribution in [0.4, 0.5) is 5.69 Å². The third kappa shape index (κ3) is 2.89. The van der Waals surface area contributed by atoms with Gasteiger partial charge in [-0.15, -0.1) is 11.3 Å². The number of anilines is 1. The summed E-state index contributed by atoms with van der Waals surface area (Å²) in [5.41, 5.74) is 4.95. The smallest absolute Gasteiger partial charge is 0.123 e. The van der Waals surface area contributed by atoms with Crippen LogP contribution in [0, 0.1) is 6.92 Å². The Morgan fingerprint density at radius 2 is 1.85 bits per heavy atom. The molecule has 3 aromatic rings. The van der Waals surface area contributed by atoms with Crippen LogP contribution in [0.25, 0.3) is 10.6 Å². The second kappa shape index (κ2) is 5.88. The van der Waals surface area contributed by atoms with Gasteiger partial charge in [-0.05, 0) is 42.3 Å². The minimum atomic E-state index is 0.850. The quantitative estimate of drug-likeness (QED) is 0.747. The molecule has 1 aromatic heterocycles. The van der Waals surface area contributed by atoms with Gasteiger partial charge in [0.1, 0.15) is 5.01 Å². The lowest BCUT2D eigenvalue weighted by Crippen LogP contribution is -2.00. The molecule has 20 heavy (non-hydrogen) atoms. The van der Waals surface area contributed by atoms with E-state index in [0.717, 1.165) is 17.2 Å².